The molecular formula is C17H24ClNO2. The number of esters is 1. The molecule has 0 amide bonds. The van der Waals surface area contributed by atoms with Gasteiger partial charge in [-0.3, -0.25) is 0 Å². The molecule has 21 heavy (non-hydrogen) atoms. The summed E-state index contributed by atoms with van der Waals surface area (Å²) in [6.45, 7) is 2.22. The van der Waals surface area contributed by atoms with E-state index in [4.69, 9.17) is 16.3 Å². The van der Waals surface area contributed by atoms with Gasteiger partial charge in [-0.1, -0.05) is 49.9 Å². The van der Waals surface area contributed by atoms with Crippen LogP contribution < -0.4 is 5.32 Å². The third-order valence-electron chi connectivity index (χ3n) is 4.60. The van der Waals surface area contributed by atoms with Gasteiger partial charge in [-0.25, -0.2) is 4.79 Å². The van der Waals surface area contributed by atoms with Crippen LogP contribution in [0.3, 0.4) is 0 Å². The van der Waals surface area contributed by atoms with Crippen LogP contribution in [0, 0.1) is 5.92 Å². The second kappa shape index (κ2) is 7.17. The summed E-state index contributed by atoms with van der Waals surface area (Å²) in [5, 5.41) is 4.03. The van der Waals surface area contributed by atoms with Gasteiger partial charge >= 0.3 is 5.97 Å². The number of rotatable bonds is 4. The first kappa shape index (κ1) is 16.2. The largest absolute Gasteiger partial charge is 0.467 e. The van der Waals surface area contributed by atoms with E-state index in [0.717, 1.165) is 31.4 Å². The van der Waals surface area contributed by atoms with Crippen LogP contribution in [0.25, 0.3) is 0 Å². The zero-order valence-corrected chi connectivity index (χ0v) is 13.6. The van der Waals surface area contributed by atoms with Crippen molar-refractivity contribution in [3.63, 3.8) is 0 Å². The number of para-hydroxylation sites is 1. The lowest BCUT2D eigenvalue weighted by Gasteiger charge is -2.32. The first-order valence-corrected chi connectivity index (χ1v) is 8.10. The number of carbonyl (C=O) groups excluding carboxylic acids is 1. The number of ether oxygens (including phenoxy) is 1. The minimum atomic E-state index is -0.649. The van der Waals surface area contributed by atoms with Crippen LogP contribution in [0.15, 0.2) is 24.3 Å². The van der Waals surface area contributed by atoms with Crippen LogP contribution in [0.4, 0.5) is 5.69 Å². The highest BCUT2D eigenvalue weighted by atomic mass is 35.5. The molecule has 0 spiro atoms. The molecule has 0 radical (unpaired) electrons. The summed E-state index contributed by atoms with van der Waals surface area (Å²) in [5.41, 5.74) is 0.156. The Kier molecular flexibility index (Phi) is 5.51. The molecule has 0 saturated heterocycles. The number of halogens is 1. The Hall–Kier alpha value is -1.22. The molecule has 1 aromatic rings. The molecule has 2 atom stereocenters. The van der Waals surface area contributed by atoms with Crippen molar-refractivity contribution in [2.45, 2.75) is 51.0 Å². The van der Waals surface area contributed by atoms with Crippen molar-refractivity contribution in [2.24, 2.45) is 5.92 Å². The zero-order valence-electron chi connectivity index (χ0n) is 12.8. The number of hydrogen-bond acceptors (Lipinski definition) is 3. The van der Waals surface area contributed by atoms with Gasteiger partial charge in [0.1, 0.15) is 5.54 Å². The van der Waals surface area contributed by atoms with Gasteiger partial charge in [0.05, 0.1) is 17.8 Å². The Morgan fingerprint density at radius 3 is 2.81 bits per heavy atom. The SMILES string of the molecule is CCC1CCCC(Nc2ccccc2Cl)(C(=O)OC)CC1. The summed E-state index contributed by atoms with van der Waals surface area (Å²) in [5.74, 6) is 0.517. The van der Waals surface area contributed by atoms with E-state index >= 15 is 0 Å². The Morgan fingerprint density at radius 1 is 1.38 bits per heavy atom. The molecule has 1 fully saturated rings. The Bertz CT molecular complexity index is 491. The van der Waals surface area contributed by atoms with Gasteiger partial charge < -0.3 is 10.1 Å². The van der Waals surface area contributed by atoms with Crippen molar-refractivity contribution >= 4 is 23.3 Å². The van der Waals surface area contributed by atoms with Gasteiger partial charge in [0, 0.05) is 0 Å². The highest BCUT2D eigenvalue weighted by Gasteiger charge is 2.41. The smallest absolute Gasteiger partial charge is 0.331 e. The molecule has 0 heterocycles. The van der Waals surface area contributed by atoms with Gasteiger partial charge in [0.2, 0.25) is 0 Å². The lowest BCUT2D eigenvalue weighted by molar-refractivity contribution is -0.146. The van der Waals surface area contributed by atoms with Crippen LogP contribution >= 0.6 is 11.6 Å². The van der Waals surface area contributed by atoms with Gasteiger partial charge in [-0.2, -0.15) is 0 Å². The van der Waals surface area contributed by atoms with Crippen molar-refractivity contribution < 1.29 is 9.53 Å². The van der Waals surface area contributed by atoms with Crippen LogP contribution in [-0.4, -0.2) is 18.6 Å². The van der Waals surface area contributed by atoms with Crippen molar-refractivity contribution in [3.05, 3.63) is 29.3 Å². The zero-order chi connectivity index (χ0) is 15.3. The average Bonchev–Trinajstić information content (AvgIpc) is 2.72. The molecule has 0 aliphatic heterocycles. The summed E-state index contributed by atoms with van der Waals surface area (Å²) in [6.07, 6.45) is 6.02. The molecule has 0 aromatic heterocycles. The number of nitrogens with one attached hydrogen (secondary N) is 1. The van der Waals surface area contributed by atoms with E-state index < -0.39 is 5.54 Å². The quantitative estimate of drug-likeness (QED) is 0.649. The monoisotopic (exact) mass is 309 g/mol. The summed E-state index contributed by atoms with van der Waals surface area (Å²) in [6, 6.07) is 7.55. The van der Waals surface area contributed by atoms with Crippen molar-refractivity contribution in [2.75, 3.05) is 12.4 Å². The van der Waals surface area contributed by atoms with Crippen LogP contribution in [-0.2, 0) is 9.53 Å². The number of anilines is 1. The molecule has 116 valence electrons. The van der Waals surface area contributed by atoms with E-state index in [2.05, 4.69) is 12.2 Å². The van der Waals surface area contributed by atoms with Crippen molar-refractivity contribution in [3.8, 4) is 0 Å². The molecule has 0 bridgehead atoms. The second-order valence-corrected chi connectivity index (χ2v) is 6.29. The second-order valence-electron chi connectivity index (χ2n) is 5.88. The predicted octanol–water partition coefficient (Wildman–Crippen LogP) is 4.65. The maximum atomic E-state index is 12.4. The van der Waals surface area contributed by atoms with Crippen molar-refractivity contribution in [1.82, 2.24) is 0 Å². The van der Waals surface area contributed by atoms with Crippen LogP contribution in [0.2, 0.25) is 5.02 Å². The van der Waals surface area contributed by atoms with E-state index in [-0.39, 0.29) is 5.97 Å². The number of hydrogen-bond donors (Lipinski definition) is 1. The molecule has 3 nitrogen and oxygen atoms in total. The third kappa shape index (κ3) is 3.70. The number of methoxy groups -OCH3 is 1. The van der Waals surface area contributed by atoms with Crippen LogP contribution in [0.1, 0.15) is 45.4 Å². The van der Waals surface area contributed by atoms with Gasteiger partial charge in [-0.05, 0) is 37.3 Å². The van der Waals surface area contributed by atoms with Gasteiger partial charge in [-0.15, -0.1) is 0 Å². The van der Waals surface area contributed by atoms with E-state index in [1.165, 1.54) is 20.0 Å². The number of benzene rings is 1. The Morgan fingerprint density at radius 2 is 2.14 bits per heavy atom. The van der Waals surface area contributed by atoms with E-state index in [0.29, 0.717) is 10.9 Å². The third-order valence-corrected chi connectivity index (χ3v) is 4.93. The van der Waals surface area contributed by atoms with Crippen LogP contribution in [0.5, 0.6) is 0 Å². The van der Waals surface area contributed by atoms with E-state index in [1.54, 1.807) is 0 Å². The summed E-state index contributed by atoms with van der Waals surface area (Å²) in [4.78, 5) is 12.4. The summed E-state index contributed by atoms with van der Waals surface area (Å²) in [7, 11) is 1.46. The Balaban J connectivity index is 2.25. The lowest BCUT2D eigenvalue weighted by atomic mass is 9.88. The standard InChI is InChI=1S/C17H24ClNO2/c1-3-13-7-6-11-17(12-10-13,16(20)21-2)19-15-9-5-4-8-14(15)18/h4-5,8-9,13,19H,3,6-7,10-12H2,1-2H3. The molecule has 1 aliphatic carbocycles. The molecule has 2 rings (SSSR count). The highest BCUT2D eigenvalue weighted by molar-refractivity contribution is 6.33. The maximum Gasteiger partial charge on any atom is 0.331 e. The molecule has 4 heteroatoms. The fourth-order valence-corrected chi connectivity index (χ4v) is 3.40. The lowest BCUT2D eigenvalue weighted by Crippen LogP contribution is -2.47. The molecule has 2 unspecified atom stereocenters. The average molecular weight is 310 g/mol. The summed E-state index contributed by atoms with van der Waals surface area (Å²) >= 11 is 6.24. The predicted molar refractivity (Wildman–Crippen MR) is 86.7 cm³/mol. The highest BCUT2D eigenvalue weighted by Crippen LogP contribution is 2.36. The molecule has 1 N–H and O–H groups in total. The first-order chi connectivity index (χ1) is 10.1. The molecule has 1 aliphatic rings. The number of carbonyl (C=O) groups is 1. The minimum absolute atomic E-state index is 0.181. The molecule has 1 aromatic carbocycles. The van der Waals surface area contributed by atoms with Gasteiger partial charge in [0.25, 0.3) is 0 Å². The summed E-state index contributed by atoms with van der Waals surface area (Å²) < 4.78 is 5.09. The molecular weight excluding hydrogens is 286 g/mol. The fourth-order valence-electron chi connectivity index (χ4n) is 3.22. The first-order valence-electron chi connectivity index (χ1n) is 7.72. The molecule has 1 saturated carbocycles. The Labute approximate surface area is 132 Å². The topological polar surface area (TPSA) is 38.3 Å². The van der Waals surface area contributed by atoms with Gasteiger partial charge in [0.15, 0.2) is 0 Å². The van der Waals surface area contributed by atoms with Crippen molar-refractivity contribution in [1.29, 1.82) is 0 Å². The minimum Gasteiger partial charge on any atom is -0.467 e. The fraction of sp³-hybridized carbons (Fsp3) is 0.588. The van der Waals surface area contributed by atoms with E-state index in [1.807, 2.05) is 24.3 Å². The normalized spacial score (nSPS) is 26.0. The maximum absolute atomic E-state index is 12.4. The van der Waals surface area contributed by atoms with E-state index in [9.17, 15) is 4.79 Å².